The predicted octanol–water partition coefficient (Wildman–Crippen LogP) is 4.87. The van der Waals surface area contributed by atoms with E-state index >= 15 is 0 Å². The van der Waals surface area contributed by atoms with Gasteiger partial charge >= 0.3 is 0 Å². The molecule has 0 heterocycles. The number of hydrogen-bond donors (Lipinski definition) is 0. The van der Waals surface area contributed by atoms with Gasteiger partial charge in [0.05, 0.1) is 0 Å². The Morgan fingerprint density at radius 3 is 2.06 bits per heavy atom. The van der Waals surface area contributed by atoms with Gasteiger partial charge in [-0.25, -0.2) is 0 Å². The second-order valence-electron chi connectivity index (χ2n) is 5.58. The highest BCUT2D eigenvalue weighted by Gasteiger charge is 2.22. The van der Waals surface area contributed by atoms with Crippen LogP contribution < -0.4 is 0 Å². The lowest BCUT2D eigenvalue weighted by Crippen LogP contribution is -2.19. The molecule has 1 aromatic rings. The maximum atomic E-state index is 2.36. The fraction of sp³-hybridized carbons (Fsp3) is 0.500. The third-order valence-corrected chi connectivity index (χ3v) is 3.34. The summed E-state index contributed by atoms with van der Waals surface area (Å²) in [5.41, 5.74) is 4.31. The van der Waals surface area contributed by atoms with Crippen LogP contribution >= 0.6 is 0 Å². The number of hydrogen-bond acceptors (Lipinski definition) is 0. The molecule has 0 saturated carbocycles. The summed E-state index contributed by atoms with van der Waals surface area (Å²) in [7, 11) is 0. The summed E-state index contributed by atoms with van der Waals surface area (Å²) >= 11 is 0. The largest absolute Gasteiger partial charge is 0.0822 e. The molecule has 0 N–H and O–H groups in total. The van der Waals surface area contributed by atoms with E-state index in [0.717, 1.165) is 0 Å². The van der Waals surface area contributed by atoms with Crippen LogP contribution in [0.4, 0.5) is 0 Å². The molecule has 0 aromatic heterocycles. The fourth-order valence-electron chi connectivity index (χ4n) is 1.91. The van der Waals surface area contributed by atoms with Crippen molar-refractivity contribution >= 4 is 0 Å². The molecule has 0 aliphatic heterocycles. The van der Waals surface area contributed by atoms with Gasteiger partial charge in [-0.1, -0.05) is 69.2 Å². The van der Waals surface area contributed by atoms with Crippen LogP contribution in [0.25, 0.3) is 0 Å². The molecule has 0 nitrogen and oxygen atoms in total. The Balaban J connectivity index is 3.06. The smallest absolute Gasteiger partial charge is 0.0102 e. The Bertz CT molecular complexity index is 364. The van der Waals surface area contributed by atoms with Gasteiger partial charge in [-0.05, 0) is 25.3 Å². The van der Waals surface area contributed by atoms with Crippen molar-refractivity contribution in [1.82, 2.24) is 0 Å². The van der Waals surface area contributed by atoms with Gasteiger partial charge in [-0.2, -0.15) is 0 Å². The maximum absolute atomic E-state index is 2.36. The molecule has 0 aliphatic rings. The highest BCUT2D eigenvalue weighted by Crippen LogP contribution is 2.31. The van der Waals surface area contributed by atoms with Crippen molar-refractivity contribution in [3.8, 4) is 0 Å². The maximum Gasteiger partial charge on any atom is 0.0102 e. The minimum atomic E-state index is 0.137. The van der Waals surface area contributed by atoms with E-state index in [1.165, 1.54) is 16.7 Å². The lowest BCUT2D eigenvalue weighted by molar-refractivity contribution is 0.611. The van der Waals surface area contributed by atoms with Crippen LogP contribution in [0.2, 0.25) is 0 Å². The number of rotatable bonds is 3. The molecular formula is C16H24. The zero-order chi connectivity index (χ0) is 12.3. The van der Waals surface area contributed by atoms with Crippen LogP contribution in [0.5, 0.6) is 0 Å². The number of allylic oxidation sites excluding steroid dienone is 2. The first kappa shape index (κ1) is 13.0. The summed E-state index contributed by atoms with van der Waals surface area (Å²) in [6, 6.07) is 8.87. The Morgan fingerprint density at radius 2 is 1.62 bits per heavy atom. The van der Waals surface area contributed by atoms with Gasteiger partial charge in [0, 0.05) is 5.41 Å². The zero-order valence-corrected chi connectivity index (χ0v) is 11.5. The number of aryl methyl sites for hydroxylation is 1. The van der Waals surface area contributed by atoms with Crippen molar-refractivity contribution in [3.05, 3.63) is 47.0 Å². The average molecular weight is 216 g/mol. The third kappa shape index (κ3) is 2.98. The molecule has 88 valence electrons. The Morgan fingerprint density at radius 1 is 1.12 bits per heavy atom. The van der Waals surface area contributed by atoms with Crippen molar-refractivity contribution < 1.29 is 0 Å². The van der Waals surface area contributed by atoms with Crippen molar-refractivity contribution in [2.75, 3.05) is 0 Å². The molecule has 0 unspecified atom stereocenters. The van der Waals surface area contributed by atoms with Crippen molar-refractivity contribution in [2.45, 2.75) is 47.0 Å². The summed E-state index contributed by atoms with van der Waals surface area (Å²) in [4.78, 5) is 0. The highest BCUT2D eigenvalue weighted by molar-refractivity contribution is 5.35. The molecule has 16 heavy (non-hydrogen) atoms. The SMILES string of the molecule is C/C(=C\C(C)C)C(C)(C)c1ccc(C)cc1. The van der Waals surface area contributed by atoms with E-state index < -0.39 is 0 Å². The Labute approximate surface area is 100 Å². The summed E-state index contributed by atoms with van der Waals surface area (Å²) < 4.78 is 0. The zero-order valence-electron chi connectivity index (χ0n) is 11.5. The van der Waals surface area contributed by atoms with Crippen molar-refractivity contribution in [1.29, 1.82) is 0 Å². The van der Waals surface area contributed by atoms with Crippen molar-refractivity contribution in [3.63, 3.8) is 0 Å². The van der Waals surface area contributed by atoms with E-state index in [1.54, 1.807) is 0 Å². The molecule has 0 bridgehead atoms. The normalized spacial score (nSPS) is 13.3. The van der Waals surface area contributed by atoms with Gasteiger partial charge in [0.1, 0.15) is 0 Å². The first-order chi connectivity index (χ1) is 7.34. The molecule has 0 aliphatic carbocycles. The predicted molar refractivity (Wildman–Crippen MR) is 72.8 cm³/mol. The van der Waals surface area contributed by atoms with Crippen LogP contribution in [-0.2, 0) is 5.41 Å². The molecule has 0 amide bonds. The first-order valence-electron chi connectivity index (χ1n) is 6.10. The van der Waals surface area contributed by atoms with Crippen LogP contribution in [0.15, 0.2) is 35.9 Å². The highest BCUT2D eigenvalue weighted by atomic mass is 14.3. The summed E-state index contributed by atoms with van der Waals surface area (Å²) in [6.07, 6.45) is 2.36. The van der Waals surface area contributed by atoms with E-state index in [9.17, 15) is 0 Å². The van der Waals surface area contributed by atoms with Gasteiger partial charge in [0.25, 0.3) is 0 Å². The van der Waals surface area contributed by atoms with E-state index in [-0.39, 0.29) is 5.41 Å². The van der Waals surface area contributed by atoms with Crippen LogP contribution in [0, 0.1) is 12.8 Å². The van der Waals surface area contributed by atoms with Crippen LogP contribution in [-0.4, -0.2) is 0 Å². The average Bonchev–Trinajstić information content (AvgIpc) is 2.17. The van der Waals surface area contributed by atoms with Crippen molar-refractivity contribution in [2.24, 2.45) is 5.92 Å². The van der Waals surface area contributed by atoms with Gasteiger partial charge in [-0.15, -0.1) is 0 Å². The molecule has 0 fully saturated rings. The Kier molecular flexibility index (Phi) is 3.96. The third-order valence-electron chi connectivity index (χ3n) is 3.34. The lowest BCUT2D eigenvalue weighted by atomic mass is 9.77. The molecular weight excluding hydrogens is 192 g/mol. The van der Waals surface area contributed by atoms with Gasteiger partial charge < -0.3 is 0 Å². The van der Waals surface area contributed by atoms with E-state index in [2.05, 4.69) is 71.9 Å². The molecule has 1 rings (SSSR count). The first-order valence-corrected chi connectivity index (χ1v) is 6.10. The summed E-state index contributed by atoms with van der Waals surface area (Å²) in [6.45, 7) is 13.4. The second-order valence-corrected chi connectivity index (χ2v) is 5.58. The monoisotopic (exact) mass is 216 g/mol. The van der Waals surface area contributed by atoms with Gasteiger partial charge in [0.2, 0.25) is 0 Å². The lowest BCUT2D eigenvalue weighted by Gasteiger charge is -2.27. The van der Waals surface area contributed by atoms with Crippen LogP contribution in [0.1, 0.15) is 45.7 Å². The second kappa shape index (κ2) is 4.86. The topological polar surface area (TPSA) is 0 Å². The molecule has 1 aromatic carbocycles. The summed E-state index contributed by atoms with van der Waals surface area (Å²) in [5, 5.41) is 0. The van der Waals surface area contributed by atoms with E-state index in [0.29, 0.717) is 5.92 Å². The summed E-state index contributed by atoms with van der Waals surface area (Å²) in [5.74, 6) is 0.615. The molecule has 0 radical (unpaired) electrons. The fourth-order valence-corrected chi connectivity index (χ4v) is 1.91. The molecule has 0 heteroatoms. The van der Waals surface area contributed by atoms with Crippen LogP contribution in [0.3, 0.4) is 0 Å². The van der Waals surface area contributed by atoms with E-state index in [1.807, 2.05) is 0 Å². The standard InChI is InChI=1S/C16H24/c1-12(2)11-14(4)16(5,6)15-9-7-13(3)8-10-15/h7-12H,1-6H3/b14-11+. The molecule has 0 saturated heterocycles. The molecule has 0 atom stereocenters. The molecule has 0 spiro atoms. The number of benzene rings is 1. The Hall–Kier alpha value is -1.04. The van der Waals surface area contributed by atoms with E-state index in [4.69, 9.17) is 0 Å². The van der Waals surface area contributed by atoms with Gasteiger partial charge in [0.15, 0.2) is 0 Å². The quantitative estimate of drug-likeness (QED) is 0.632. The minimum Gasteiger partial charge on any atom is -0.0822 e. The van der Waals surface area contributed by atoms with Gasteiger partial charge in [-0.3, -0.25) is 0 Å². The minimum absolute atomic E-state index is 0.137.